The fourth-order valence-electron chi connectivity index (χ4n) is 1.72. The van der Waals surface area contributed by atoms with Gasteiger partial charge < -0.3 is 15.8 Å². The van der Waals surface area contributed by atoms with Crippen LogP contribution in [0.1, 0.15) is 20.3 Å². The molecule has 106 valence electrons. The van der Waals surface area contributed by atoms with E-state index in [1.807, 2.05) is 0 Å². The summed E-state index contributed by atoms with van der Waals surface area (Å²) < 4.78 is 31.2. The van der Waals surface area contributed by atoms with Gasteiger partial charge in [-0.1, -0.05) is 0 Å². The second-order valence-corrected chi connectivity index (χ2v) is 4.65. The minimum atomic E-state index is -0.976. The van der Waals surface area contributed by atoms with E-state index in [1.54, 1.807) is 20.9 Å². The van der Waals surface area contributed by atoms with Gasteiger partial charge in [0.1, 0.15) is 5.75 Å². The highest BCUT2D eigenvalue weighted by atomic mass is 19.2. The van der Waals surface area contributed by atoms with Crippen LogP contribution in [0.5, 0.6) is 5.75 Å². The number of halogens is 2. The first-order valence-corrected chi connectivity index (χ1v) is 5.89. The topological polar surface area (TPSA) is 64.3 Å². The van der Waals surface area contributed by atoms with Crippen molar-refractivity contribution in [2.75, 3.05) is 7.05 Å². The summed E-state index contributed by atoms with van der Waals surface area (Å²) in [4.78, 5) is 11.3. The molecule has 2 atom stereocenters. The van der Waals surface area contributed by atoms with Crippen LogP contribution in [-0.2, 0) is 4.79 Å². The van der Waals surface area contributed by atoms with Crippen LogP contribution in [0.15, 0.2) is 18.2 Å². The molecule has 0 spiro atoms. The van der Waals surface area contributed by atoms with Crippen molar-refractivity contribution in [3.8, 4) is 5.75 Å². The Morgan fingerprint density at radius 1 is 1.47 bits per heavy atom. The summed E-state index contributed by atoms with van der Waals surface area (Å²) in [7, 11) is 1.62. The molecular formula is C13H18F2N2O2. The first-order valence-electron chi connectivity index (χ1n) is 5.89. The molecule has 1 aromatic rings. The van der Waals surface area contributed by atoms with Gasteiger partial charge in [-0.05, 0) is 33.0 Å². The Labute approximate surface area is 110 Å². The van der Waals surface area contributed by atoms with E-state index >= 15 is 0 Å². The molecule has 0 saturated carbocycles. The Bertz CT molecular complexity index is 468. The summed E-state index contributed by atoms with van der Waals surface area (Å²) in [6.07, 6.45) is -0.0903. The number of ether oxygens (including phenoxy) is 1. The van der Waals surface area contributed by atoms with Crippen molar-refractivity contribution >= 4 is 5.91 Å². The molecule has 4 nitrogen and oxygen atoms in total. The lowest BCUT2D eigenvalue weighted by molar-refractivity contribution is -0.124. The van der Waals surface area contributed by atoms with Gasteiger partial charge in [0, 0.05) is 12.5 Å². The maximum Gasteiger partial charge on any atom is 0.237 e. The third-order valence-corrected chi connectivity index (χ3v) is 3.02. The molecule has 19 heavy (non-hydrogen) atoms. The predicted molar refractivity (Wildman–Crippen MR) is 67.7 cm³/mol. The van der Waals surface area contributed by atoms with Gasteiger partial charge >= 0.3 is 0 Å². The molecule has 1 amide bonds. The Balaban J connectivity index is 2.71. The van der Waals surface area contributed by atoms with Crippen molar-refractivity contribution in [3.63, 3.8) is 0 Å². The van der Waals surface area contributed by atoms with Gasteiger partial charge in [-0.2, -0.15) is 0 Å². The van der Waals surface area contributed by atoms with Crippen molar-refractivity contribution in [1.82, 2.24) is 5.32 Å². The van der Waals surface area contributed by atoms with Gasteiger partial charge in [0.15, 0.2) is 11.6 Å². The zero-order valence-corrected chi connectivity index (χ0v) is 11.2. The number of nitrogens with one attached hydrogen (secondary N) is 1. The van der Waals surface area contributed by atoms with Crippen molar-refractivity contribution in [2.45, 2.75) is 31.9 Å². The standard InChI is InChI=1S/C13H18F2N2O2/c1-8(7-13(2,17-3)12(16)18)19-9-4-5-10(14)11(15)6-9/h4-6,8,17H,7H2,1-3H3,(H2,16,18). The number of hydrogen-bond donors (Lipinski definition) is 2. The number of carbonyl (C=O) groups excluding carboxylic acids is 1. The quantitative estimate of drug-likeness (QED) is 0.826. The Hall–Kier alpha value is -1.69. The summed E-state index contributed by atoms with van der Waals surface area (Å²) >= 11 is 0. The van der Waals surface area contributed by atoms with E-state index in [-0.39, 0.29) is 5.75 Å². The average Bonchev–Trinajstić information content (AvgIpc) is 2.33. The Kier molecular flexibility index (Phi) is 4.83. The number of amides is 1. The highest BCUT2D eigenvalue weighted by Gasteiger charge is 2.31. The minimum absolute atomic E-state index is 0.203. The van der Waals surface area contributed by atoms with Crippen LogP contribution < -0.4 is 15.8 Å². The van der Waals surface area contributed by atoms with E-state index in [2.05, 4.69) is 5.32 Å². The second kappa shape index (κ2) is 5.97. The van der Waals surface area contributed by atoms with Crippen molar-refractivity contribution in [2.24, 2.45) is 5.73 Å². The molecule has 0 aliphatic rings. The second-order valence-electron chi connectivity index (χ2n) is 4.65. The highest BCUT2D eigenvalue weighted by molar-refractivity contribution is 5.84. The van der Waals surface area contributed by atoms with Gasteiger partial charge in [-0.3, -0.25) is 4.79 Å². The zero-order valence-electron chi connectivity index (χ0n) is 11.2. The summed E-state index contributed by atoms with van der Waals surface area (Å²) in [5, 5.41) is 2.83. The highest BCUT2D eigenvalue weighted by Crippen LogP contribution is 2.20. The largest absolute Gasteiger partial charge is 0.491 e. The van der Waals surface area contributed by atoms with Crippen molar-refractivity contribution in [3.05, 3.63) is 29.8 Å². The molecule has 0 saturated heterocycles. The smallest absolute Gasteiger partial charge is 0.237 e. The van der Waals surface area contributed by atoms with E-state index in [4.69, 9.17) is 10.5 Å². The zero-order chi connectivity index (χ0) is 14.6. The Morgan fingerprint density at radius 3 is 2.58 bits per heavy atom. The van der Waals surface area contributed by atoms with Gasteiger partial charge in [0.25, 0.3) is 0 Å². The molecule has 0 fully saturated rings. The summed E-state index contributed by atoms with van der Waals surface area (Å²) in [6, 6.07) is 3.28. The van der Waals surface area contributed by atoms with Gasteiger partial charge in [0.05, 0.1) is 11.6 Å². The van der Waals surface area contributed by atoms with E-state index in [9.17, 15) is 13.6 Å². The number of nitrogens with two attached hydrogens (primary N) is 1. The summed E-state index contributed by atoms with van der Waals surface area (Å²) in [6.45, 7) is 3.38. The van der Waals surface area contributed by atoms with E-state index < -0.39 is 29.2 Å². The monoisotopic (exact) mass is 272 g/mol. The fourth-order valence-corrected chi connectivity index (χ4v) is 1.72. The van der Waals surface area contributed by atoms with Crippen LogP contribution in [-0.4, -0.2) is 24.6 Å². The van der Waals surface area contributed by atoms with Crippen LogP contribution in [0, 0.1) is 11.6 Å². The molecule has 0 aliphatic heterocycles. The van der Waals surface area contributed by atoms with Crippen molar-refractivity contribution in [1.29, 1.82) is 0 Å². The van der Waals surface area contributed by atoms with Crippen LogP contribution in [0.3, 0.4) is 0 Å². The number of rotatable bonds is 6. The average molecular weight is 272 g/mol. The molecule has 1 rings (SSSR count). The fraction of sp³-hybridized carbons (Fsp3) is 0.462. The number of carbonyl (C=O) groups is 1. The lowest BCUT2D eigenvalue weighted by atomic mass is 9.94. The molecule has 0 aliphatic carbocycles. The summed E-state index contributed by atoms with van der Waals surface area (Å²) in [5.41, 5.74) is 4.38. The Morgan fingerprint density at radius 2 is 2.11 bits per heavy atom. The van der Waals surface area contributed by atoms with Gasteiger partial charge in [-0.25, -0.2) is 8.78 Å². The number of hydrogen-bond acceptors (Lipinski definition) is 3. The molecule has 0 aromatic heterocycles. The molecule has 3 N–H and O–H groups in total. The normalized spacial score (nSPS) is 15.6. The van der Waals surface area contributed by atoms with Crippen LogP contribution in [0.2, 0.25) is 0 Å². The van der Waals surface area contributed by atoms with Gasteiger partial charge in [-0.15, -0.1) is 0 Å². The maximum absolute atomic E-state index is 13.0. The molecule has 6 heteroatoms. The third kappa shape index (κ3) is 3.89. The first kappa shape index (κ1) is 15.4. The van der Waals surface area contributed by atoms with E-state index in [0.717, 1.165) is 12.1 Å². The molecule has 0 bridgehead atoms. The molecule has 1 aromatic carbocycles. The third-order valence-electron chi connectivity index (χ3n) is 3.02. The lowest BCUT2D eigenvalue weighted by Gasteiger charge is -2.28. The van der Waals surface area contributed by atoms with E-state index in [1.165, 1.54) is 6.07 Å². The van der Waals surface area contributed by atoms with Crippen LogP contribution >= 0.6 is 0 Å². The van der Waals surface area contributed by atoms with Crippen LogP contribution in [0.25, 0.3) is 0 Å². The van der Waals surface area contributed by atoms with E-state index in [0.29, 0.717) is 6.42 Å². The van der Waals surface area contributed by atoms with Crippen LogP contribution in [0.4, 0.5) is 8.78 Å². The van der Waals surface area contributed by atoms with Gasteiger partial charge in [0.2, 0.25) is 5.91 Å². The number of primary amides is 1. The minimum Gasteiger partial charge on any atom is -0.491 e. The molecule has 0 radical (unpaired) electrons. The lowest BCUT2D eigenvalue weighted by Crippen LogP contribution is -2.53. The summed E-state index contributed by atoms with van der Waals surface area (Å²) in [5.74, 6) is -2.21. The van der Waals surface area contributed by atoms with Crippen molar-refractivity contribution < 1.29 is 18.3 Å². The molecule has 0 heterocycles. The predicted octanol–water partition coefficient (Wildman–Crippen LogP) is 1.59. The molecule has 2 unspecified atom stereocenters. The first-order chi connectivity index (χ1) is 8.78. The maximum atomic E-state index is 13.0. The number of likely N-dealkylation sites (N-methyl/N-ethyl adjacent to an activating group) is 1. The molecular weight excluding hydrogens is 254 g/mol. The number of benzene rings is 1. The SMILES string of the molecule is CNC(C)(CC(C)Oc1ccc(F)c(F)c1)C(N)=O.